The van der Waals surface area contributed by atoms with Gasteiger partial charge in [0.1, 0.15) is 22.7 Å². The summed E-state index contributed by atoms with van der Waals surface area (Å²) in [7, 11) is 0. The topological polar surface area (TPSA) is 154 Å². The summed E-state index contributed by atoms with van der Waals surface area (Å²) in [5.41, 5.74) is 2.58. The third-order valence-corrected chi connectivity index (χ3v) is 3.81. The maximum absolute atomic E-state index is 11.9. The summed E-state index contributed by atoms with van der Waals surface area (Å²) < 4.78 is 0.368. The molecule has 1 aromatic heterocycles. The van der Waals surface area contributed by atoms with Gasteiger partial charge < -0.3 is 26.0 Å². The summed E-state index contributed by atoms with van der Waals surface area (Å²) in [6, 6.07) is 4.29. The van der Waals surface area contributed by atoms with Crippen LogP contribution in [0.15, 0.2) is 23.0 Å². The Bertz CT molecular complexity index is 838. The normalized spacial score (nSPS) is 10.4. The fourth-order valence-electron chi connectivity index (χ4n) is 2.06. The Morgan fingerprint density at radius 2 is 1.68 bits per heavy atom. The van der Waals surface area contributed by atoms with E-state index in [-0.39, 0.29) is 11.3 Å². The molecule has 0 aliphatic heterocycles. The van der Waals surface area contributed by atoms with Gasteiger partial charge in [0.15, 0.2) is 0 Å². The van der Waals surface area contributed by atoms with Crippen molar-refractivity contribution in [2.24, 2.45) is 0 Å². The highest BCUT2D eigenvalue weighted by molar-refractivity contribution is 14.1. The van der Waals surface area contributed by atoms with Crippen LogP contribution < -0.4 is 11.3 Å². The lowest BCUT2D eigenvalue weighted by molar-refractivity contribution is 0.0695. The average molecular weight is 416 g/mol. The van der Waals surface area contributed by atoms with E-state index in [1.165, 1.54) is 18.2 Å². The summed E-state index contributed by atoms with van der Waals surface area (Å²) in [4.78, 5) is 36.7. The number of benzene rings is 1. The maximum atomic E-state index is 11.9. The van der Waals surface area contributed by atoms with E-state index < -0.39 is 40.0 Å². The molecule has 0 aliphatic carbocycles. The molecule has 9 heteroatoms. The van der Waals surface area contributed by atoms with Crippen molar-refractivity contribution in [3.63, 3.8) is 0 Å². The maximum Gasteiger partial charge on any atom is 0.342 e. The number of halogens is 1. The van der Waals surface area contributed by atoms with E-state index in [9.17, 15) is 29.7 Å². The predicted octanol–water partition coefficient (Wildman–Crippen LogP) is 1.33. The van der Waals surface area contributed by atoms with E-state index in [0.717, 1.165) is 0 Å². The Labute approximate surface area is 136 Å². The number of hydrogen-bond donors (Lipinski definition) is 5. The van der Waals surface area contributed by atoms with Crippen LogP contribution in [-0.2, 0) is 0 Å². The predicted molar refractivity (Wildman–Crippen MR) is 85.2 cm³/mol. The molecule has 0 atom stereocenters. The summed E-state index contributed by atoms with van der Waals surface area (Å²) in [5.74, 6) is -4.00. The first-order valence-electron chi connectivity index (χ1n) is 5.75. The summed E-state index contributed by atoms with van der Waals surface area (Å²) >= 11 is 1.79. The van der Waals surface area contributed by atoms with Gasteiger partial charge >= 0.3 is 11.9 Å². The fourth-order valence-corrected chi connectivity index (χ4v) is 2.81. The Kier molecular flexibility index (Phi) is 4.08. The van der Waals surface area contributed by atoms with Crippen LogP contribution in [0.2, 0.25) is 0 Å². The van der Waals surface area contributed by atoms with Gasteiger partial charge in [-0.05, 0) is 34.7 Å². The van der Waals surface area contributed by atoms with Gasteiger partial charge in [0.05, 0.1) is 0 Å². The first kappa shape index (κ1) is 15.8. The van der Waals surface area contributed by atoms with E-state index in [0.29, 0.717) is 3.57 Å². The molecule has 1 aromatic carbocycles. The van der Waals surface area contributed by atoms with Gasteiger partial charge in [0.2, 0.25) is 0 Å². The molecule has 0 spiro atoms. The summed E-state index contributed by atoms with van der Waals surface area (Å²) in [6.45, 7) is 0. The number of pyridine rings is 1. The van der Waals surface area contributed by atoms with Crippen molar-refractivity contribution in [1.29, 1.82) is 0 Å². The molecule has 114 valence electrons. The van der Waals surface area contributed by atoms with Crippen LogP contribution in [0, 0.1) is 3.57 Å². The monoisotopic (exact) mass is 416 g/mol. The fraction of sp³-hybridized carbons (Fsp3) is 0. The van der Waals surface area contributed by atoms with Crippen LogP contribution in [0.25, 0.3) is 11.1 Å². The van der Waals surface area contributed by atoms with Crippen molar-refractivity contribution in [3.05, 3.63) is 43.2 Å². The van der Waals surface area contributed by atoms with E-state index >= 15 is 0 Å². The van der Waals surface area contributed by atoms with Gasteiger partial charge in [-0.1, -0.05) is 6.07 Å². The van der Waals surface area contributed by atoms with Crippen LogP contribution in [-0.4, -0.2) is 32.2 Å². The zero-order valence-electron chi connectivity index (χ0n) is 10.8. The SMILES string of the molecule is Nc1[nH]c(=O)c(C(=O)O)c(-c2c(O)cccc2I)c1C(=O)O. The van der Waals surface area contributed by atoms with Crippen LogP contribution in [0.4, 0.5) is 5.82 Å². The van der Waals surface area contributed by atoms with Crippen molar-refractivity contribution < 1.29 is 24.9 Å². The lowest BCUT2D eigenvalue weighted by Gasteiger charge is -2.14. The molecular formula is C13H9IN2O6. The van der Waals surface area contributed by atoms with Crippen LogP contribution in [0.5, 0.6) is 5.75 Å². The number of carboxylic acids is 2. The number of aromatic carboxylic acids is 2. The van der Waals surface area contributed by atoms with Gasteiger partial charge in [-0.25, -0.2) is 9.59 Å². The molecule has 2 aromatic rings. The van der Waals surface area contributed by atoms with Gasteiger partial charge in [-0.15, -0.1) is 0 Å². The number of aromatic amines is 1. The first-order chi connectivity index (χ1) is 10.3. The third-order valence-electron chi connectivity index (χ3n) is 2.91. The summed E-state index contributed by atoms with van der Waals surface area (Å²) in [5, 5.41) is 28.6. The number of aromatic nitrogens is 1. The van der Waals surface area contributed by atoms with Gasteiger partial charge in [-0.3, -0.25) is 4.79 Å². The highest BCUT2D eigenvalue weighted by Gasteiger charge is 2.29. The Morgan fingerprint density at radius 3 is 2.18 bits per heavy atom. The van der Waals surface area contributed by atoms with Crippen LogP contribution in [0.1, 0.15) is 20.7 Å². The number of carbonyl (C=O) groups is 2. The second kappa shape index (κ2) is 5.67. The Morgan fingerprint density at radius 1 is 1.09 bits per heavy atom. The van der Waals surface area contributed by atoms with Crippen LogP contribution >= 0.6 is 22.6 Å². The number of nitrogens with one attached hydrogen (secondary N) is 1. The quantitative estimate of drug-likeness (QED) is 0.473. The minimum absolute atomic E-state index is 0.0734. The number of anilines is 1. The molecule has 0 unspecified atom stereocenters. The molecule has 1 heterocycles. The number of H-pyrrole nitrogens is 1. The van der Waals surface area contributed by atoms with E-state index in [1.54, 1.807) is 22.6 Å². The lowest BCUT2D eigenvalue weighted by Crippen LogP contribution is -2.24. The lowest BCUT2D eigenvalue weighted by atomic mass is 9.95. The molecule has 0 radical (unpaired) electrons. The molecule has 0 saturated heterocycles. The average Bonchev–Trinajstić information content (AvgIpc) is 2.36. The van der Waals surface area contributed by atoms with Crippen molar-refractivity contribution in [2.45, 2.75) is 0 Å². The molecule has 6 N–H and O–H groups in total. The van der Waals surface area contributed by atoms with E-state index in [2.05, 4.69) is 0 Å². The van der Waals surface area contributed by atoms with E-state index in [1.807, 2.05) is 4.98 Å². The number of carboxylic acid groups (broad SMARTS) is 2. The highest BCUT2D eigenvalue weighted by atomic mass is 127. The molecule has 0 amide bonds. The first-order valence-corrected chi connectivity index (χ1v) is 6.83. The zero-order chi connectivity index (χ0) is 16.6. The largest absolute Gasteiger partial charge is 0.507 e. The molecular weight excluding hydrogens is 407 g/mol. The van der Waals surface area contributed by atoms with Crippen LogP contribution in [0.3, 0.4) is 0 Å². The van der Waals surface area contributed by atoms with Crippen molar-refractivity contribution in [1.82, 2.24) is 4.98 Å². The Hall–Kier alpha value is -2.56. The summed E-state index contributed by atoms with van der Waals surface area (Å²) in [6.07, 6.45) is 0. The molecule has 0 fully saturated rings. The number of nitrogen functional groups attached to an aromatic ring is 1. The molecule has 22 heavy (non-hydrogen) atoms. The standard InChI is InChI=1S/C13H9IN2O6/c14-4-2-1-3-5(17)6(4)7-8(12(19)20)10(15)16-11(18)9(7)13(21)22/h1-3,17H,(H,19,20)(H,21,22)(H3,15,16,18). The van der Waals surface area contributed by atoms with Crippen molar-refractivity contribution in [2.75, 3.05) is 5.73 Å². The molecule has 0 aliphatic rings. The number of phenols is 1. The van der Waals surface area contributed by atoms with Gasteiger partial charge in [0, 0.05) is 14.7 Å². The van der Waals surface area contributed by atoms with E-state index in [4.69, 9.17) is 5.73 Å². The minimum Gasteiger partial charge on any atom is -0.507 e. The third kappa shape index (κ3) is 2.50. The second-order valence-electron chi connectivity index (χ2n) is 4.24. The number of aromatic hydroxyl groups is 1. The number of phenolic OH excluding ortho intramolecular Hbond substituents is 1. The zero-order valence-corrected chi connectivity index (χ0v) is 12.9. The second-order valence-corrected chi connectivity index (χ2v) is 5.40. The number of rotatable bonds is 3. The smallest absolute Gasteiger partial charge is 0.342 e. The molecule has 0 bridgehead atoms. The Balaban J connectivity index is 3.10. The molecule has 8 nitrogen and oxygen atoms in total. The van der Waals surface area contributed by atoms with Crippen molar-refractivity contribution in [3.8, 4) is 16.9 Å². The minimum atomic E-state index is -1.63. The molecule has 2 rings (SSSR count). The number of nitrogens with two attached hydrogens (primary N) is 1. The van der Waals surface area contributed by atoms with Crippen molar-refractivity contribution >= 4 is 40.3 Å². The number of hydrogen-bond acceptors (Lipinski definition) is 5. The highest BCUT2D eigenvalue weighted by Crippen LogP contribution is 2.38. The van der Waals surface area contributed by atoms with Gasteiger partial charge in [0.25, 0.3) is 5.56 Å². The molecule has 0 saturated carbocycles. The van der Waals surface area contributed by atoms with Gasteiger partial charge in [-0.2, -0.15) is 0 Å².